The normalized spacial score (nSPS) is 12.2. The monoisotopic (exact) mass is 282 g/mol. The van der Waals surface area contributed by atoms with E-state index in [1.165, 1.54) is 22.4 Å². The Hall–Kier alpha value is -1.80. The summed E-state index contributed by atoms with van der Waals surface area (Å²) in [6.07, 6.45) is 0. The van der Waals surface area contributed by atoms with Crippen molar-refractivity contribution in [3.63, 3.8) is 0 Å². The van der Waals surface area contributed by atoms with Crippen LogP contribution in [0.4, 0.5) is 5.69 Å². The average Bonchev–Trinajstić information content (AvgIpc) is 2.50. The van der Waals surface area contributed by atoms with Crippen molar-refractivity contribution in [2.24, 2.45) is 0 Å². The maximum atomic E-state index is 3.60. The highest BCUT2D eigenvalue weighted by molar-refractivity contribution is 5.45. The smallest absolute Gasteiger partial charge is 0.0498 e. The molecule has 0 saturated carbocycles. The summed E-state index contributed by atoms with van der Waals surface area (Å²) < 4.78 is 0. The van der Waals surface area contributed by atoms with Crippen LogP contribution in [0.5, 0.6) is 0 Å². The molecular formula is C19H26N2. The van der Waals surface area contributed by atoms with Crippen molar-refractivity contribution in [3.8, 4) is 0 Å². The van der Waals surface area contributed by atoms with Crippen molar-refractivity contribution in [1.82, 2.24) is 5.32 Å². The van der Waals surface area contributed by atoms with Crippen LogP contribution in [0.1, 0.15) is 29.7 Å². The third kappa shape index (κ3) is 4.08. The van der Waals surface area contributed by atoms with E-state index in [2.05, 4.69) is 86.6 Å². The highest BCUT2D eigenvalue weighted by Gasteiger charge is 2.14. The lowest BCUT2D eigenvalue weighted by molar-refractivity contribution is 0.550. The number of aryl methyl sites for hydroxylation is 2. The molecule has 21 heavy (non-hydrogen) atoms. The van der Waals surface area contributed by atoms with Gasteiger partial charge in [-0.3, -0.25) is 0 Å². The van der Waals surface area contributed by atoms with Crippen molar-refractivity contribution >= 4 is 5.69 Å². The zero-order chi connectivity index (χ0) is 15.2. The van der Waals surface area contributed by atoms with Gasteiger partial charge in [-0.1, -0.05) is 43.3 Å². The first kappa shape index (κ1) is 15.6. The quantitative estimate of drug-likeness (QED) is 0.858. The third-order valence-electron chi connectivity index (χ3n) is 4.04. The predicted octanol–water partition coefficient (Wildman–Crippen LogP) is 4.09. The standard InChI is InChI=1S/C19H26N2/c1-5-20-19(17-12-11-15(2)16(3)13-17)14-21(4)18-9-7-6-8-10-18/h6-13,19-20H,5,14H2,1-4H3. The second-order valence-corrected chi connectivity index (χ2v) is 5.67. The number of nitrogens with one attached hydrogen (secondary N) is 1. The molecule has 0 amide bonds. The van der Waals surface area contributed by atoms with E-state index in [4.69, 9.17) is 0 Å². The number of para-hydroxylation sites is 1. The van der Waals surface area contributed by atoms with E-state index in [-0.39, 0.29) is 0 Å². The Balaban J connectivity index is 2.17. The van der Waals surface area contributed by atoms with Crippen LogP contribution < -0.4 is 10.2 Å². The van der Waals surface area contributed by atoms with Crippen molar-refractivity contribution in [1.29, 1.82) is 0 Å². The summed E-state index contributed by atoms with van der Waals surface area (Å²) in [5.41, 5.74) is 5.33. The van der Waals surface area contributed by atoms with Gasteiger partial charge in [0.1, 0.15) is 0 Å². The van der Waals surface area contributed by atoms with Gasteiger partial charge in [-0.15, -0.1) is 0 Å². The highest BCUT2D eigenvalue weighted by atomic mass is 15.1. The molecule has 1 atom stereocenters. The molecule has 0 aliphatic rings. The van der Waals surface area contributed by atoms with Gasteiger partial charge in [-0.2, -0.15) is 0 Å². The second kappa shape index (κ2) is 7.28. The fourth-order valence-corrected chi connectivity index (χ4v) is 2.58. The molecule has 0 spiro atoms. The molecule has 0 radical (unpaired) electrons. The number of hydrogen-bond donors (Lipinski definition) is 1. The van der Waals surface area contributed by atoms with Crippen LogP contribution >= 0.6 is 0 Å². The first-order valence-corrected chi connectivity index (χ1v) is 7.68. The highest BCUT2D eigenvalue weighted by Crippen LogP contribution is 2.20. The Labute approximate surface area is 128 Å². The minimum absolute atomic E-state index is 0.347. The van der Waals surface area contributed by atoms with Crippen LogP contribution in [0.3, 0.4) is 0 Å². The first-order chi connectivity index (χ1) is 10.1. The summed E-state index contributed by atoms with van der Waals surface area (Å²) in [6.45, 7) is 8.44. The molecule has 0 fully saturated rings. The Kier molecular flexibility index (Phi) is 5.40. The molecule has 2 rings (SSSR count). The number of hydrogen-bond acceptors (Lipinski definition) is 2. The number of anilines is 1. The molecule has 2 aromatic carbocycles. The molecule has 2 aromatic rings. The van der Waals surface area contributed by atoms with Crippen LogP contribution in [0.15, 0.2) is 48.5 Å². The van der Waals surface area contributed by atoms with Gasteiger partial charge in [0.25, 0.3) is 0 Å². The maximum absolute atomic E-state index is 3.60. The second-order valence-electron chi connectivity index (χ2n) is 5.67. The fraction of sp³-hybridized carbons (Fsp3) is 0.368. The third-order valence-corrected chi connectivity index (χ3v) is 4.04. The minimum Gasteiger partial charge on any atom is -0.373 e. The van der Waals surface area contributed by atoms with Crippen LogP contribution in [0, 0.1) is 13.8 Å². The average molecular weight is 282 g/mol. The lowest BCUT2D eigenvalue weighted by Crippen LogP contribution is -2.33. The summed E-state index contributed by atoms with van der Waals surface area (Å²) in [4.78, 5) is 2.31. The van der Waals surface area contributed by atoms with Gasteiger partial charge in [0.05, 0.1) is 0 Å². The SMILES string of the molecule is CCNC(CN(C)c1ccccc1)c1ccc(C)c(C)c1. The van der Waals surface area contributed by atoms with Crippen LogP contribution in [-0.2, 0) is 0 Å². The van der Waals surface area contributed by atoms with E-state index in [1.54, 1.807) is 0 Å². The Morgan fingerprint density at radius 1 is 1.00 bits per heavy atom. The number of benzene rings is 2. The van der Waals surface area contributed by atoms with Crippen LogP contribution in [0.2, 0.25) is 0 Å². The Morgan fingerprint density at radius 2 is 1.71 bits per heavy atom. The van der Waals surface area contributed by atoms with Crippen LogP contribution in [-0.4, -0.2) is 20.1 Å². The van der Waals surface area contributed by atoms with Gasteiger partial charge in [-0.05, 0) is 49.2 Å². The molecule has 1 N–H and O–H groups in total. The van der Waals surface area contributed by atoms with Gasteiger partial charge >= 0.3 is 0 Å². The molecule has 0 aliphatic heterocycles. The molecule has 0 bridgehead atoms. The molecule has 0 aromatic heterocycles. The zero-order valence-corrected chi connectivity index (χ0v) is 13.6. The summed E-state index contributed by atoms with van der Waals surface area (Å²) in [7, 11) is 2.15. The van der Waals surface area contributed by atoms with Crippen molar-refractivity contribution in [3.05, 3.63) is 65.2 Å². The van der Waals surface area contributed by atoms with Crippen molar-refractivity contribution in [2.75, 3.05) is 25.0 Å². The zero-order valence-electron chi connectivity index (χ0n) is 13.6. The summed E-state index contributed by atoms with van der Waals surface area (Å²) >= 11 is 0. The van der Waals surface area contributed by atoms with Gasteiger partial charge in [0.15, 0.2) is 0 Å². The predicted molar refractivity (Wildman–Crippen MR) is 92.0 cm³/mol. The first-order valence-electron chi connectivity index (χ1n) is 7.68. The molecule has 112 valence electrons. The van der Waals surface area contributed by atoms with E-state index in [1.807, 2.05) is 0 Å². The molecular weight excluding hydrogens is 256 g/mol. The summed E-state index contributed by atoms with van der Waals surface area (Å²) in [5.74, 6) is 0. The topological polar surface area (TPSA) is 15.3 Å². The largest absolute Gasteiger partial charge is 0.373 e. The number of rotatable bonds is 6. The molecule has 0 saturated heterocycles. The van der Waals surface area contributed by atoms with Gasteiger partial charge < -0.3 is 10.2 Å². The van der Waals surface area contributed by atoms with E-state index in [9.17, 15) is 0 Å². The minimum atomic E-state index is 0.347. The lowest BCUT2D eigenvalue weighted by Gasteiger charge is -2.27. The maximum Gasteiger partial charge on any atom is 0.0498 e. The molecule has 0 aliphatic carbocycles. The number of likely N-dealkylation sites (N-methyl/N-ethyl adjacent to an activating group) is 2. The van der Waals surface area contributed by atoms with E-state index in [0.29, 0.717) is 6.04 Å². The summed E-state index contributed by atoms with van der Waals surface area (Å²) in [5, 5.41) is 3.60. The van der Waals surface area contributed by atoms with Crippen molar-refractivity contribution < 1.29 is 0 Å². The van der Waals surface area contributed by atoms with E-state index < -0.39 is 0 Å². The molecule has 0 heterocycles. The van der Waals surface area contributed by atoms with E-state index >= 15 is 0 Å². The van der Waals surface area contributed by atoms with Gasteiger partial charge in [-0.25, -0.2) is 0 Å². The van der Waals surface area contributed by atoms with E-state index in [0.717, 1.165) is 13.1 Å². The molecule has 1 unspecified atom stereocenters. The lowest BCUT2D eigenvalue weighted by atomic mass is 10.0. The van der Waals surface area contributed by atoms with Crippen molar-refractivity contribution in [2.45, 2.75) is 26.8 Å². The molecule has 2 heteroatoms. The van der Waals surface area contributed by atoms with Gasteiger partial charge in [0.2, 0.25) is 0 Å². The summed E-state index contributed by atoms with van der Waals surface area (Å²) in [6, 6.07) is 17.7. The molecule has 2 nitrogen and oxygen atoms in total. The Bertz CT molecular complexity index is 563. The van der Waals surface area contributed by atoms with Gasteiger partial charge in [0, 0.05) is 25.3 Å². The number of nitrogens with zero attached hydrogens (tertiary/aromatic N) is 1. The van der Waals surface area contributed by atoms with Crippen LogP contribution in [0.25, 0.3) is 0 Å². The Morgan fingerprint density at radius 3 is 2.33 bits per heavy atom. The fourth-order valence-electron chi connectivity index (χ4n) is 2.58.